The minimum absolute atomic E-state index is 0.106. The fraction of sp³-hybridized carbons (Fsp3) is 0.947. The zero-order valence-electron chi connectivity index (χ0n) is 61.8. The highest BCUT2D eigenvalue weighted by atomic mass is 31.2. The number of ether oxygens (including phenoxy) is 4. The molecule has 0 aromatic carbocycles. The van der Waals surface area contributed by atoms with Crippen molar-refractivity contribution in [3.8, 4) is 0 Å². The summed E-state index contributed by atoms with van der Waals surface area (Å²) in [6.45, 7) is 7.25. The highest BCUT2D eigenvalue weighted by Gasteiger charge is 2.30. The van der Waals surface area contributed by atoms with Gasteiger partial charge < -0.3 is 33.8 Å². The van der Waals surface area contributed by atoms with Gasteiger partial charge in [0, 0.05) is 25.7 Å². The third kappa shape index (κ3) is 70.3. The quantitative estimate of drug-likeness (QED) is 0.0222. The molecule has 0 heterocycles. The van der Waals surface area contributed by atoms with Crippen molar-refractivity contribution in [1.29, 1.82) is 0 Å². The van der Waals surface area contributed by atoms with Gasteiger partial charge in [0.1, 0.15) is 19.3 Å². The second-order valence-electron chi connectivity index (χ2n) is 27.9. The summed E-state index contributed by atoms with van der Waals surface area (Å²) >= 11 is 0. The summed E-state index contributed by atoms with van der Waals surface area (Å²) in [5.41, 5.74) is 0. The smallest absolute Gasteiger partial charge is 0.462 e. The van der Waals surface area contributed by atoms with Gasteiger partial charge in [-0.05, 0) is 31.6 Å². The van der Waals surface area contributed by atoms with Crippen LogP contribution in [0.3, 0.4) is 0 Å². The maximum absolute atomic E-state index is 13.1. The first-order valence-corrected chi connectivity index (χ1v) is 42.6. The number of aliphatic hydroxyl groups excluding tert-OH is 1. The van der Waals surface area contributed by atoms with Gasteiger partial charge in [-0.3, -0.25) is 37.3 Å². The lowest BCUT2D eigenvalue weighted by atomic mass is 10.0. The number of aliphatic hydroxyl groups is 1. The number of carbonyl (C=O) groups excluding carboxylic acids is 4. The van der Waals surface area contributed by atoms with E-state index < -0.39 is 97.5 Å². The molecule has 0 bridgehead atoms. The normalized spacial score (nSPS) is 13.9. The number of hydrogen-bond acceptors (Lipinski definition) is 15. The van der Waals surface area contributed by atoms with Gasteiger partial charge >= 0.3 is 39.5 Å². The van der Waals surface area contributed by atoms with Gasteiger partial charge in [0.2, 0.25) is 0 Å². The van der Waals surface area contributed by atoms with Crippen molar-refractivity contribution in [1.82, 2.24) is 0 Å². The van der Waals surface area contributed by atoms with E-state index in [1.807, 2.05) is 0 Å². The standard InChI is InChI=1S/C76H148O17P2/c1-6-9-12-15-18-20-21-22-23-24-25-26-27-28-31-35-38-42-47-52-57-62-76(81)93-72(66-87-74(79)60-55-50-45-41-37-34-32-29-30-33-36-40-44-48-53-58-69(4)5)68-91-95(84,85)89-64-70(77)63-88-94(82,83)90-67-71(65-86-73(78)59-54-49-43-17-14-11-8-3)92-75(80)61-56-51-46-39-19-16-13-10-7-2/h69-72,77H,6-68H2,1-5H3,(H,82,83)(H,84,85)/t70-,71+,72+/m0/s1. The van der Waals surface area contributed by atoms with E-state index in [-0.39, 0.29) is 25.7 Å². The fourth-order valence-corrected chi connectivity index (χ4v) is 13.3. The van der Waals surface area contributed by atoms with E-state index in [0.717, 1.165) is 109 Å². The Morgan fingerprint density at radius 2 is 0.484 bits per heavy atom. The summed E-state index contributed by atoms with van der Waals surface area (Å²) in [7, 11) is -9.90. The summed E-state index contributed by atoms with van der Waals surface area (Å²) < 4.78 is 68.3. The Hall–Kier alpha value is -1.94. The van der Waals surface area contributed by atoms with E-state index in [1.165, 1.54) is 212 Å². The van der Waals surface area contributed by atoms with Crippen LogP contribution in [0.1, 0.15) is 401 Å². The van der Waals surface area contributed by atoms with Crippen LogP contribution in [0.25, 0.3) is 0 Å². The summed E-state index contributed by atoms with van der Waals surface area (Å²) in [5.74, 6) is -1.31. The van der Waals surface area contributed by atoms with Crippen LogP contribution in [-0.4, -0.2) is 96.7 Å². The first-order chi connectivity index (χ1) is 46.0. The van der Waals surface area contributed by atoms with Gasteiger partial charge in [-0.15, -0.1) is 0 Å². The largest absolute Gasteiger partial charge is 0.472 e. The molecule has 0 amide bonds. The molecule has 0 spiro atoms. The molecule has 17 nitrogen and oxygen atoms in total. The Bertz CT molecular complexity index is 1820. The fourth-order valence-electron chi connectivity index (χ4n) is 11.7. The Labute approximate surface area is 581 Å². The topological polar surface area (TPSA) is 237 Å². The van der Waals surface area contributed by atoms with Crippen molar-refractivity contribution in [3.05, 3.63) is 0 Å². The molecule has 3 N–H and O–H groups in total. The van der Waals surface area contributed by atoms with Crippen molar-refractivity contribution < 1.29 is 80.2 Å². The lowest BCUT2D eigenvalue weighted by Crippen LogP contribution is -2.30. The Morgan fingerprint density at radius 1 is 0.284 bits per heavy atom. The second kappa shape index (κ2) is 69.2. The highest BCUT2D eigenvalue weighted by molar-refractivity contribution is 7.47. The summed E-state index contributed by atoms with van der Waals surface area (Å²) in [6, 6.07) is 0. The molecule has 0 aliphatic rings. The minimum atomic E-state index is -4.96. The summed E-state index contributed by atoms with van der Waals surface area (Å²) in [6.07, 6.45) is 58.6. The molecule has 19 heteroatoms. The maximum Gasteiger partial charge on any atom is 0.472 e. The van der Waals surface area contributed by atoms with Crippen molar-refractivity contribution >= 4 is 39.5 Å². The number of hydrogen-bond donors (Lipinski definition) is 3. The van der Waals surface area contributed by atoms with Gasteiger partial charge in [-0.2, -0.15) is 0 Å². The van der Waals surface area contributed by atoms with Crippen LogP contribution in [0.2, 0.25) is 0 Å². The van der Waals surface area contributed by atoms with E-state index in [9.17, 15) is 43.2 Å². The molecule has 0 aliphatic heterocycles. The van der Waals surface area contributed by atoms with Crippen LogP contribution in [0.4, 0.5) is 0 Å². The van der Waals surface area contributed by atoms with Crippen LogP contribution in [0.5, 0.6) is 0 Å². The van der Waals surface area contributed by atoms with Crippen molar-refractivity contribution in [2.75, 3.05) is 39.6 Å². The number of esters is 4. The van der Waals surface area contributed by atoms with E-state index in [1.54, 1.807) is 0 Å². The van der Waals surface area contributed by atoms with E-state index >= 15 is 0 Å². The van der Waals surface area contributed by atoms with Gasteiger partial charge in [-0.25, -0.2) is 9.13 Å². The first-order valence-electron chi connectivity index (χ1n) is 39.6. The van der Waals surface area contributed by atoms with Crippen LogP contribution in [0, 0.1) is 5.92 Å². The molecule has 0 aromatic rings. The Balaban J connectivity index is 5.13. The molecule has 0 aliphatic carbocycles. The van der Waals surface area contributed by atoms with Gasteiger partial charge in [0.05, 0.1) is 26.4 Å². The van der Waals surface area contributed by atoms with Crippen LogP contribution in [-0.2, 0) is 65.4 Å². The number of carbonyl (C=O) groups is 4. The Kier molecular flexibility index (Phi) is 67.7. The molecular weight excluding hydrogens is 1250 g/mol. The monoisotopic (exact) mass is 1400 g/mol. The molecule has 5 atom stereocenters. The lowest BCUT2D eigenvalue weighted by Gasteiger charge is -2.21. The third-order valence-electron chi connectivity index (χ3n) is 17.8. The van der Waals surface area contributed by atoms with E-state index in [0.29, 0.717) is 25.7 Å². The van der Waals surface area contributed by atoms with Crippen molar-refractivity contribution in [2.45, 2.75) is 419 Å². The molecule has 0 fully saturated rings. The molecular formula is C76H148O17P2. The number of unbranched alkanes of at least 4 members (excludes halogenated alkanes) is 48. The molecule has 2 unspecified atom stereocenters. The van der Waals surface area contributed by atoms with Gasteiger partial charge in [0.25, 0.3) is 0 Å². The van der Waals surface area contributed by atoms with Crippen LogP contribution >= 0.6 is 15.6 Å². The highest BCUT2D eigenvalue weighted by Crippen LogP contribution is 2.45. The average molecular weight is 1400 g/mol. The summed E-state index contributed by atoms with van der Waals surface area (Å²) in [5, 5.41) is 10.6. The number of phosphoric acid groups is 2. The molecule has 95 heavy (non-hydrogen) atoms. The number of rotatable bonds is 76. The second-order valence-corrected chi connectivity index (χ2v) is 30.8. The van der Waals surface area contributed by atoms with Crippen molar-refractivity contribution in [2.24, 2.45) is 5.92 Å². The van der Waals surface area contributed by atoms with Crippen LogP contribution in [0.15, 0.2) is 0 Å². The SMILES string of the molecule is CCCCCCCCCCCCCCCCCCCCCCCC(=O)O[C@H](COC(=O)CCCCCCCCCCCCCCCCCC(C)C)COP(=O)(O)OC[C@@H](O)COP(=O)(O)OC[C@@H](COC(=O)CCCCCCCCC)OC(=O)CCCCCCCCCCC. The third-order valence-corrected chi connectivity index (χ3v) is 19.7. The molecule has 0 saturated heterocycles. The van der Waals surface area contributed by atoms with Crippen molar-refractivity contribution in [3.63, 3.8) is 0 Å². The molecule has 564 valence electrons. The zero-order valence-corrected chi connectivity index (χ0v) is 63.6. The van der Waals surface area contributed by atoms with E-state index in [2.05, 4.69) is 34.6 Å². The zero-order chi connectivity index (χ0) is 69.8. The van der Waals surface area contributed by atoms with Gasteiger partial charge in [0.15, 0.2) is 12.2 Å². The lowest BCUT2D eigenvalue weighted by molar-refractivity contribution is -0.161. The summed E-state index contributed by atoms with van der Waals surface area (Å²) in [4.78, 5) is 72.5. The molecule has 0 saturated carbocycles. The average Bonchev–Trinajstić information content (AvgIpc) is 2.47. The minimum Gasteiger partial charge on any atom is -0.462 e. The van der Waals surface area contributed by atoms with E-state index in [4.69, 9.17) is 37.0 Å². The molecule has 0 rings (SSSR count). The number of phosphoric ester groups is 2. The van der Waals surface area contributed by atoms with Crippen LogP contribution < -0.4 is 0 Å². The Morgan fingerprint density at radius 3 is 0.716 bits per heavy atom. The predicted molar refractivity (Wildman–Crippen MR) is 386 cm³/mol. The molecule has 0 radical (unpaired) electrons. The maximum atomic E-state index is 13.1. The first kappa shape index (κ1) is 93.1. The predicted octanol–water partition coefficient (Wildman–Crippen LogP) is 22.5. The van der Waals surface area contributed by atoms with Gasteiger partial charge in [-0.1, -0.05) is 349 Å². The molecule has 0 aromatic heterocycles.